The van der Waals surface area contributed by atoms with Crippen LogP contribution in [0.1, 0.15) is 43.2 Å². The van der Waals surface area contributed by atoms with E-state index in [2.05, 4.69) is 5.32 Å². The topological polar surface area (TPSA) is 52.9 Å². The SMILES string of the molecule is N#CC1(C(=O)NCc2ccc(F)cc2C(F)(F)F)CCCCC1. The van der Waals surface area contributed by atoms with E-state index in [0.717, 1.165) is 31.4 Å². The molecule has 1 aliphatic carbocycles. The molecule has 1 fully saturated rings. The van der Waals surface area contributed by atoms with Crippen molar-refractivity contribution in [2.45, 2.75) is 44.8 Å². The van der Waals surface area contributed by atoms with Crippen LogP contribution < -0.4 is 5.32 Å². The lowest BCUT2D eigenvalue weighted by molar-refractivity contribution is -0.139. The highest BCUT2D eigenvalue weighted by Crippen LogP contribution is 2.36. The van der Waals surface area contributed by atoms with Crippen molar-refractivity contribution in [3.63, 3.8) is 0 Å². The third-order valence-electron chi connectivity index (χ3n) is 4.17. The highest BCUT2D eigenvalue weighted by Gasteiger charge is 2.40. The standard InChI is InChI=1S/C16H16F4N2O/c17-12-5-4-11(13(8-12)16(18,19)20)9-22-14(23)15(10-21)6-2-1-3-7-15/h4-5,8H,1-3,6-7,9H2,(H,22,23). The zero-order chi connectivity index (χ0) is 17.1. The van der Waals surface area contributed by atoms with Crippen molar-refractivity contribution in [2.24, 2.45) is 5.41 Å². The average Bonchev–Trinajstić information content (AvgIpc) is 2.53. The van der Waals surface area contributed by atoms with Gasteiger partial charge in [-0.25, -0.2) is 4.39 Å². The van der Waals surface area contributed by atoms with Crippen LogP contribution in [0.25, 0.3) is 0 Å². The summed E-state index contributed by atoms with van der Waals surface area (Å²) in [6.45, 7) is -0.391. The molecule has 0 unspecified atom stereocenters. The summed E-state index contributed by atoms with van der Waals surface area (Å²) in [4.78, 5) is 12.3. The normalized spacial score (nSPS) is 17.3. The van der Waals surface area contributed by atoms with E-state index in [0.29, 0.717) is 18.9 Å². The molecule has 0 aliphatic heterocycles. The lowest BCUT2D eigenvalue weighted by atomic mass is 9.74. The lowest BCUT2D eigenvalue weighted by Gasteiger charge is -2.29. The Hall–Kier alpha value is -2.10. The number of carbonyl (C=O) groups is 1. The molecular formula is C16H16F4N2O. The number of hydrogen-bond acceptors (Lipinski definition) is 2. The van der Waals surface area contributed by atoms with Gasteiger partial charge < -0.3 is 5.32 Å². The van der Waals surface area contributed by atoms with Crippen LogP contribution in [0.4, 0.5) is 17.6 Å². The summed E-state index contributed by atoms with van der Waals surface area (Å²) >= 11 is 0. The highest BCUT2D eigenvalue weighted by atomic mass is 19.4. The molecule has 0 atom stereocenters. The molecule has 7 heteroatoms. The Morgan fingerprint density at radius 2 is 1.91 bits per heavy atom. The summed E-state index contributed by atoms with van der Waals surface area (Å²) in [5.74, 6) is -1.55. The Labute approximate surface area is 131 Å². The van der Waals surface area contributed by atoms with Gasteiger partial charge in [-0.2, -0.15) is 18.4 Å². The van der Waals surface area contributed by atoms with Crippen molar-refractivity contribution in [1.82, 2.24) is 5.32 Å². The van der Waals surface area contributed by atoms with Crippen molar-refractivity contribution >= 4 is 5.91 Å². The minimum atomic E-state index is -4.71. The van der Waals surface area contributed by atoms with Gasteiger partial charge in [0.05, 0.1) is 11.6 Å². The van der Waals surface area contributed by atoms with E-state index in [9.17, 15) is 27.6 Å². The number of benzene rings is 1. The van der Waals surface area contributed by atoms with Gasteiger partial charge in [0.15, 0.2) is 0 Å². The van der Waals surface area contributed by atoms with Crippen molar-refractivity contribution in [3.8, 4) is 6.07 Å². The number of amides is 1. The van der Waals surface area contributed by atoms with Gasteiger partial charge in [0.1, 0.15) is 11.2 Å². The van der Waals surface area contributed by atoms with Gasteiger partial charge in [-0.3, -0.25) is 4.79 Å². The van der Waals surface area contributed by atoms with Crippen LogP contribution in [0.5, 0.6) is 0 Å². The third kappa shape index (κ3) is 3.81. The van der Waals surface area contributed by atoms with E-state index in [-0.39, 0.29) is 5.56 Å². The molecule has 0 spiro atoms. The molecule has 0 heterocycles. The highest BCUT2D eigenvalue weighted by molar-refractivity contribution is 5.85. The molecule has 3 nitrogen and oxygen atoms in total. The largest absolute Gasteiger partial charge is 0.416 e. The number of hydrogen-bond donors (Lipinski definition) is 1. The first-order chi connectivity index (χ1) is 10.8. The maximum Gasteiger partial charge on any atom is 0.416 e. The minimum absolute atomic E-state index is 0.226. The Morgan fingerprint density at radius 1 is 1.26 bits per heavy atom. The number of alkyl halides is 3. The molecule has 124 valence electrons. The predicted octanol–water partition coefficient (Wildman–Crippen LogP) is 3.93. The second kappa shape index (κ2) is 6.57. The molecular weight excluding hydrogens is 312 g/mol. The van der Waals surface area contributed by atoms with Crippen LogP contribution in [0.3, 0.4) is 0 Å². The summed E-state index contributed by atoms with van der Waals surface area (Å²) < 4.78 is 51.8. The fraction of sp³-hybridized carbons (Fsp3) is 0.500. The van der Waals surface area contributed by atoms with Crippen LogP contribution in [0, 0.1) is 22.6 Å². The van der Waals surface area contributed by atoms with Gasteiger partial charge in [0.2, 0.25) is 5.91 Å². The average molecular weight is 328 g/mol. The summed E-state index contributed by atoms with van der Waals surface area (Å²) in [6.07, 6.45) is -1.47. The van der Waals surface area contributed by atoms with E-state index in [4.69, 9.17) is 0 Å². The number of rotatable bonds is 3. The molecule has 0 radical (unpaired) electrons. The lowest BCUT2D eigenvalue weighted by Crippen LogP contribution is -2.41. The second-order valence-electron chi connectivity index (χ2n) is 5.74. The molecule has 0 aromatic heterocycles. The molecule has 0 saturated heterocycles. The molecule has 1 aromatic rings. The second-order valence-corrected chi connectivity index (χ2v) is 5.74. The summed E-state index contributed by atoms with van der Waals surface area (Å²) in [7, 11) is 0. The summed E-state index contributed by atoms with van der Waals surface area (Å²) in [5.41, 5.74) is -2.51. The van der Waals surface area contributed by atoms with Crippen molar-refractivity contribution < 1.29 is 22.4 Å². The van der Waals surface area contributed by atoms with Crippen LogP contribution in [-0.2, 0) is 17.5 Å². The smallest absolute Gasteiger partial charge is 0.351 e. The third-order valence-corrected chi connectivity index (χ3v) is 4.17. The first-order valence-corrected chi connectivity index (χ1v) is 7.34. The summed E-state index contributed by atoms with van der Waals surface area (Å²) in [5, 5.41) is 11.7. The maximum atomic E-state index is 13.1. The van der Waals surface area contributed by atoms with Gasteiger partial charge >= 0.3 is 6.18 Å². The van der Waals surface area contributed by atoms with Gasteiger partial charge in [-0.1, -0.05) is 25.3 Å². The van der Waals surface area contributed by atoms with Gasteiger partial charge in [-0.15, -0.1) is 0 Å². The molecule has 0 bridgehead atoms. The fourth-order valence-corrected chi connectivity index (χ4v) is 2.86. The van der Waals surface area contributed by atoms with Crippen molar-refractivity contribution in [1.29, 1.82) is 5.26 Å². The van der Waals surface area contributed by atoms with E-state index in [1.165, 1.54) is 0 Å². The zero-order valence-corrected chi connectivity index (χ0v) is 12.3. The van der Waals surface area contributed by atoms with Crippen LogP contribution in [0.2, 0.25) is 0 Å². The molecule has 1 saturated carbocycles. The molecule has 1 N–H and O–H groups in total. The van der Waals surface area contributed by atoms with Crippen LogP contribution in [0.15, 0.2) is 18.2 Å². The maximum absolute atomic E-state index is 13.1. The van der Waals surface area contributed by atoms with E-state index in [1.54, 1.807) is 0 Å². The molecule has 23 heavy (non-hydrogen) atoms. The number of nitrogens with one attached hydrogen (secondary N) is 1. The van der Waals surface area contributed by atoms with Gasteiger partial charge in [0, 0.05) is 6.54 Å². The number of halogens is 4. The van der Waals surface area contributed by atoms with Crippen LogP contribution >= 0.6 is 0 Å². The molecule has 1 aromatic carbocycles. The predicted molar refractivity (Wildman–Crippen MR) is 74.4 cm³/mol. The first-order valence-electron chi connectivity index (χ1n) is 7.34. The monoisotopic (exact) mass is 328 g/mol. The van der Waals surface area contributed by atoms with Crippen LogP contribution in [-0.4, -0.2) is 5.91 Å². The summed E-state index contributed by atoms with van der Waals surface area (Å²) in [6, 6.07) is 4.33. The van der Waals surface area contributed by atoms with E-state index >= 15 is 0 Å². The Kier molecular flexibility index (Phi) is 4.93. The number of nitrogens with zero attached hydrogens (tertiary/aromatic N) is 1. The molecule has 1 amide bonds. The Balaban J connectivity index is 2.15. The van der Waals surface area contributed by atoms with Crippen molar-refractivity contribution in [2.75, 3.05) is 0 Å². The number of carbonyl (C=O) groups excluding carboxylic acids is 1. The van der Waals surface area contributed by atoms with Crippen molar-refractivity contribution in [3.05, 3.63) is 35.1 Å². The quantitative estimate of drug-likeness (QED) is 0.855. The molecule has 1 aliphatic rings. The van der Waals surface area contributed by atoms with Gasteiger partial charge in [0.25, 0.3) is 0 Å². The van der Waals surface area contributed by atoms with E-state index < -0.39 is 35.4 Å². The Morgan fingerprint density at radius 3 is 2.48 bits per heavy atom. The zero-order valence-electron chi connectivity index (χ0n) is 12.3. The fourth-order valence-electron chi connectivity index (χ4n) is 2.86. The van der Waals surface area contributed by atoms with E-state index in [1.807, 2.05) is 6.07 Å². The Bertz CT molecular complexity index is 628. The number of nitriles is 1. The minimum Gasteiger partial charge on any atom is -0.351 e. The molecule has 2 rings (SSSR count). The van der Waals surface area contributed by atoms with Gasteiger partial charge in [-0.05, 0) is 30.5 Å². The first kappa shape index (κ1) is 17.3.